The quantitative estimate of drug-likeness (QED) is 0.583. The van der Waals surface area contributed by atoms with Crippen molar-refractivity contribution in [2.75, 3.05) is 0 Å². The fourth-order valence-corrected chi connectivity index (χ4v) is 0. The molecule has 0 fully saturated rings. The van der Waals surface area contributed by atoms with Crippen LogP contribution in [0.25, 0.3) is 0 Å². The molecule has 0 aromatic rings. The molecule has 0 bridgehead atoms. The van der Waals surface area contributed by atoms with Gasteiger partial charge in [0.25, 0.3) is 0 Å². The average molecular weight is 312 g/mol. The van der Waals surface area contributed by atoms with E-state index in [1.165, 1.54) is 0 Å². The van der Waals surface area contributed by atoms with E-state index >= 15 is 0 Å². The van der Waals surface area contributed by atoms with Crippen LogP contribution >= 0.6 is 0 Å². The fraction of sp³-hybridized carbons (Fsp3) is 0. The van der Waals surface area contributed by atoms with Crippen molar-refractivity contribution in [1.82, 2.24) is 0 Å². The van der Waals surface area contributed by atoms with Crippen LogP contribution < -0.4 is 0 Å². The molecule has 0 amide bonds. The van der Waals surface area contributed by atoms with Crippen molar-refractivity contribution in [3.05, 3.63) is 12.9 Å². The Hall–Kier alpha value is -1.33. The van der Waals surface area contributed by atoms with Crippen molar-refractivity contribution >= 4 is 0 Å². The topological polar surface area (TPSA) is 0 Å². The second kappa shape index (κ2) is 6.88. The zero-order valence-electron chi connectivity index (χ0n) is 2.29. The molecule has 0 aliphatic heterocycles. The molecule has 0 aliphatic carbocycles. The predicted molar refractivity (Wildman–Crippen MR) is 9.98 cm³/mol. The van der Waals surface area contributed by atoms with Crippen molar-refractivity contribution < 1.29 is 4.39 Å². The first kappa shape index (κ1) is 16.6. The van der Waals surface area contributed by atoms with Gasteiger partial charge in [-0.15, -0.1) is 0 Å². The van der Waals surface area contributed by atoms with E-state index in [4.69, 9.17) is 0 Å². The van der Waals surface area contributed by atoms with Gasteiger partial charge in [-0.2, -0.15) is 0 Å². The van der Waals surface area contributed by atoms with Crippen LogP contribution in [0, 0.1) is 6.33 Å². The van der Waals surface area contributed by atoms with Crippen LogP contribution in [0.15, 0.2) is 6.58 Å². The third-order valence-electron chi connectivity index (χ3n) is 0. The summed E-state index contributed by atoms with van der Waals surface area (Å²) in [6.07, 6.45) is 1.00. The van der Waals surface area contributed by atoms with Gasteiger partial charge in [0.2, 0.25) is 0 Å². The van der Waals surface area contributed by atoms with Crippen molar-refractivity contribution in [1.29, 1.82) is 0 Å². The summed E-state index contributed by atoms with van der Waals surface area (Å²) in [6.45, 7) is 2.57. The SMILES string of the molecule is C=[C-]F.[Rf]. The summed E-state index contributed by atoms with van der Waals surface area (Å²) in [4.78, 5) is 0. The number of rotatable bonds is 0. The van der Waals surface area contributed by atoms with Crippen molar-refractivity contribution in [2.45, 2.75) is 0 Å². The number of halogens is 1. The molecule has 0 heterocycles. The third kappa shape index (κ3) is 0.0412. The average Bonchev–Trinajstić information content (AvgIpc) is 0.918. The zero-order valence-corrected chi connectivity index (χ0v) is 8.69. The van der Waals surface area contributed by atoms with Crippen LogP contribution in [0.3, 0.4) is 0 Å². The van der Waals surface area contributed by atoms with Gasteiger partial charge in [0, 0.05) is 0 Å². The standard InChI is InChI=1S/C2H2F.Rf/c1-2-3;/h1H2;/q-1;. The van der Waals surface area contributed by atoms with Gasteiger partial charge in [-0.1, -0.05) is 0 Å². The molecule has 0 aromatic carbocycles. The van der Waals surface area contributed by atoms with E-state index in [1.54, 1.807) is 0 Å². The van der Waals surface area contributed by atoms with Gasteiger partial charge in [-0.3, -0.25) is 6.58 Å². The summed E-state index contributed by atoms with van der Waals surface area (Å²) in [7, 11) is 0. The van der Waals surface area contributed by atoms with Crippen LogP contribution in [0.1, 0.15) is 0 Å². The van der Waals surface area contributed by atoms with Gasteiger partial charge in [0.05, 0.1) is 0 Å². The number of hydrogen-bond donors (Lipinski definition) is 0. The first-order chi connectivity index (χ1) is 1.41. The molecule has 0 aromatic heterocycles. The van der Waals surface area contributed by atoms with Crippen LogP contribution in [0.5, 0.6) is 0 Å². The molecular weight excluding hydrogens is 310 g/mol. The monoisotopic (exact) mass is 312 g/mol. The maximum Gasteiger partial charge on any atom is 0 e. The molecular formula is C2H2FRf-. The molecule has 2 heteroatoms. The summed E-state index contributed by atoms with van der Waals surface area (Å²) in [5, 5.41) is 0. The Morgan fingerprint density at radius 3 is 1.75 bits per heavy atom. The van der Waals surface area contributed by atoms with Gasteiger partial charge in [-0.25, -0.2) is 0 Å². The molecule has 0 rings (SSSR count). The molecule has 0 saturated carbocycles. The zero-order chi connectivity index (χ0) is 2.71. The summed E-state index contributed by atoms with van der Waals surface area (Å²) < 4.78 is 9.93. The molecule has 4 heavy (non-hydrogen) atoms. The minimum atomic E-state index is 0. The third-order valence-corrected chi connectivity index (χ3v) is 0. The van der Waals surface area contributed by atoms with E-state index in [0.29, 0.717) is 0 Å². The summed E-state index contributed by atoms with van der Waals surface area (Å²) in [5.41, 5.74) is 0. The maximum atomic E-state index is 9.93. The fourth-order valence-electron chi connectivity index (χ4n) is 0. The van der Waals surface area contributed by atoms with E-state index < -0.39 is 0 Å². The van der Waals surface area contributed by atoms with E-state index in [9.17, 15) is 4.39 Å². The Morgan fingerprint density at radius 1 is 1.75 bits per heavy atom. The Kier molecular flexibility index (Phi) is 28.5. The normalized spacial score (nSPS) is 3.25. The molecule has 0 spiro atoms. The van der Waals surface area contributed by atoms with Crippen molar-refractivity contribution in [3.8, 4) is 0 Å². The predicted octanol–water partition coefficient (Wildman–Crippen LogP) is 0.903. The first-order valence-electron chi connectivity index (χ1n) is 0.543. The molecule has 0 saturated heterocycles. The van der Waals surface area contributed by atoms with E-state index in [2.05, 4.69) is 6.58 Å². The van der Waals surface area contributed by atoms with E-state index in [-0.39, 0.29) is 0 Å². The molecule has 0 radical (unpaired) electrons. The summed E-state index contributed by atoms with van der Waals surface area (Å²) >= 11 is 0. The second-order valence-corrected chi connectivity index (χ2v) is 0.134. The largest absolute Gasteiger partial charge is 0.459 e. The van der Waals surface area contributed by atoms with Gasteiger partial charge in [0.1, 0.15) is 0 Å². The van der Waals surface area contributed by atoms with Gasteiger partial charge < -0.3 is 10.7 Å². The Labute approximate surface area is 18.6 Å². The maximum absolute atomic E-state index is 9.93. The smallest absolute Gasteiger partial charge is 0 e. The minimum Gasteiger partial charge on any atom is -0.459 e. The molecule has 0 aliphatic rings. The Bertz CT molecular complexity index is 13.5. The summed E-state index contributed by atoms with van der Waals surface area (Å²) in [6, 6.07) is 0. The van der Waals surface area contributed by atoms with Crippen LogP contribution in [0.4, 0.5) is 4.39 Å². The second-order valence-electron chi connectivity index (χ2n) is 0.134. The van der Waals surface area contributed by atoms with Crippen molar-refractivity contribution in [3.63, 3.8) is 0 Å². The number of hydrogen-bond acceptors (Lipinski definition) is 0. The van der Waals surface area contributed by atoms with E-state index in [1.807, 2.05) is 0 Å². The molecule has 0 atom stereocenters. The minimum absolute atomic E-state index is 0. The Morgan fingerprint density at radius 2 is 1.75 bits per heavy atom. The van der Waals surface area contributed by atoms with Crippen LogP contribution in [-0.2, 0) is 0 Å². The van der Waals surface area contributed by atoms with Crippen molar-refractivity contribution in [2.24, 2.45) is 0 Å². The first-order valence-corrected chi connectivity index (χ1v) is 0.543. The van der Waals surface area contributed by atoms with Crippen LogP contribution in [-0.4, -0.2) is 0 Å². The molecule has 0 nitrogen and oxygen atoms in total. The van der Waals surface area contributed by atoms with E-state index in [0.717, 1.165) is 6.33 Å². The van der Waals surface area contributed by atoms with Gasteiger partial charge in [-0.05, 0) is 0 Å². The van der Waals surface area contributed by atoms with Crippen LogP contribution in [0.2, 0.25) is 0 Å². The molecule has 0 N–H and O–H groups in total. The Balaban J connectivity index is 0. The molecule has 20 valence electrons. The summed E-state index contributed by atoms with van der Waals surface area (Å²) in [5.74, 6) is 0. The van der Waals surface area contributed by atoms with Gasteiger partial charge >= 0.3 is 0 Å². The molecule has 0 unspecified atom stereocenters. The van der Waals surface area contributed by atoms with Gasteiger partial charge in [0.15, 0.2) is 0 Å².